The van der Waals surface area contributed by atoms with Crippen molar-refractivity contribution in [2.45, 2.75) is 104 Å². The van der Waals surface area contributed by atoms with Gasteiger partial charge in [-0.25, -0.2) is 14.8 Å². The van der Waals surface area contributed by atoms with Crippen LogP contribution in [0, 0.1) is 5.92 Å². The van der Waals surface area contributed by atoms with Gasteiger partial charge in [-0.2, -0.15) is 0 Å². The van der Waals surface area contributed by atoms with Gasteiger partial charge in [-0.05, 0) is 67.2 Å². The molecule has 0 unspecified atom stereocenters. The molecular formula is C26H44BN5O5. The Bertz CT molecular complexity index is 939. The molecule has 3 rings (SSSR count). The minimum absolute atomic E-state index is 0.0590. The van der Waals surface area contributed by atoms with Crippen molar-refractivity contribution in [2.24, 2.45) is 5.92 Å². The third-order valence-corrected chi connectivity index (χ3v) is 7.43. The van der Waals surface area contributed by atoms with Crippen LogP contribution < -0.4 is 15.7 Å². The second kappa shape index (κ2) is 10.8. The predicted octanol–water partition coefficient (Wildman–Crippen LogP) is 2.75. The summed E-state index contributed by atoms with van der Waals surface area (Å²) < 4.78 is 17.6. The summed E-state index contributed by atoms with van der Waals surface area (Å²) in [7, 11) is 1.48. The van der Waals surface area contributed by atoms with Crippen LogP contribution >= 0.6 is 0 Å². The highest BCUT2D eigenvalue weighted by Crippen LogP contribution is 2.36. The average Bonchev–Trinajstić information content (AvgIpc) is 3.02. The minimum atomic E-state index is -0.630. The van der Waals surface area contributed by atoms with E-state index in [-0.39, 0.29) is 17.9 Å². The van der Waals surface area contributed by atoms with Crippen molar-refractivity contribution in [3.05, 3.63) is 12.4 Å². The van der Waals surface area contributed by atoms with E-state index in [2.05, 4.69) is 20.2 Å². The Morgan fingerprint density at radius 1 is 1.11 bits per heavy atom. The van der Waals surface area contributed by atoms with Crippen LogP contribution in [0.25, 0.3) is 0 Å². The second-order valence-electron chi connectivity index (χ2n) is 12.4. The lowest BCUT2D eigenvalue weighted by molar-refractivity contribution is -0.135. The molecule has 2 amide bonds. The molecule has 0 bridgehead atoms. The summed E-state index contributed by atoms with van der Waals surface area (Å²) in [5, 5.41) is 2.77. The van der Waals surface area contributed by atoms with E-state index in [4.69, 9.17) is 14.0 Å². The predicted molar refractivity (Wildman–Crippen MR) is 144 cm³/mol. The van der Waals surface area contributed by atoms with Crippen molar-refractivity contribution in [3.8, 4) is 0 Å². The van der Waals surface area contributed by atoms with Crippen LogP contribution in [0.1, 0.15) is 75.2 Å². The number of amides is 2. The number of hydrogen-bond donors (Lipinski definition) is 1. The first-order valence-corrected chi connectivity index (χ1v) is 13.2. The van der Waals surface area contributed by atoms with Gasteiger partial charge in [0.25, 0.3) is 0 Å². The summed E-state index contributed by atoms with van der Waals surface area (Å²) in [6.45, 7) is 18.5. The van der Waals surface area contributed by atoms with Gasteiger partial charge in [-0.1, -0.05) is 13.8 Å². The number of piperidine rings is 1. The largest absolute Gasteiger partial charge is 0.498 e. The second-order valence-corrected chi connectivity index (χ2v) is 12.4. The van der Waals surface area contributed by atoms with Crippen LogP contribution in [0.3, 0.4) is 0 Å². The summed E-state index contributed by atoms with van der Waals surface area (Å²) in [5.74, 6) is 0.484. The molecule has 206 valence electrons. The molecule has 2 saturated heterocycles. The monoisotopic (exact) mass is 517 g/mol. The zero-order chi connectivity index (χ0) is 27.8. The number of nitrogens with zero attached hydrogens (tertiary/aromatic N) is 4. The number of ether oxygens (including phenoxy) is 1. The normalized spacial score (nSPS) is 20.6. The van der Waals surface area contributed by atoms with Gasteiger partial charge >= 0.3 is 13.2 Å². The molecule has 10 nitrogen and oxygen atoms in total. The number of likely N-dealkylation sites (tertiary alicyclic amines) is 1. The summed E-state index contributed by atoms with van der Waals surface area (Å²) in [6, 6.07) is -0.432. The lowest BCUT2D eigenvalue weighted by Crippen LogP contribution is -2.55. The Labute approximate surface area is 222 Å². The van der Waals surface area contributed by atoms with Gasteiger partial charge in [0.05, 0.1) is 11.2 Å². The number of rotatable bonds is 6. The number of anilines is 1. The Hall–Kier alpha value is -2.40. The SMILES string of the molecule is CC(C)[C@@H](NC(=O)OC(C)(C)C)C(=O)N1CCC(N(C)c2ncc(B3OC(C)(C)C(C)(C)O3)cn2)CC1. The fourth-order valence-corrected chi connectivity index (χ4v) is 4.40. The highest BCUT2D eigenvalue weighted by atomic mass is 16.7. The van der Waals surface area contributed by atoms with Crippen molar-refractivity contribution < 1.29 is 23.6 Å². The van der Waals surface area contributed by atoms with E-state index < -0.39 is 36.1 Å². The number of carbonyl (C=O) groups excluding carboxylic acids is 2. The summed E-state index contributed by atoms with van der Waals surface area (Å²) in [6.07, 6.45) is 4.50. The maximum absolute atomic E-state index is 13.2. The lowest BCUT2D eigenvalue weighted by Gasteiger charge is -2.38. The molecule has 0 saturated carbocycles. The summed E-state index contributed by atoms with van der Waals surface area (Å²) >= 11 is 0. The third kappa shape index (κ3) is 6.93. The maximum atomic E-state index is 13.2. The van der Waals surface area contributed by atoms with Crippen LogP contribution in [0.2, 0.25) is 0 Å². The number of hydrogen-bond acceptors (Lipinski definition) is 8. The lowest BCUT2D eigenvalue weighted by atomic mass is 9.81. The molecular weight excluding hydrogens is 473 g/mol. The zero-order valence-corrected chi connectivity index (χ0v) is 24.1. The molecule has 37 heavy (non-hydrogen) atoms. The molecule has 1 N–H and O–H groups in total. The van der Waals surface area contributed by atoms with Gasteiger partial charge in [-0.3, -0.25) is 4.79 Å². The molecule has 1 aromatic heterocycles. The van der Waals surface area contributed by atoms with Crippen LogP contribution in [0.15, 0.2) is 12.4 Å². The van der Waals surface area contributed by atoms with E-state index in [1.165, 1.54) is 0 Å². The Morgan fingerprint density at radius 2 is 1.62 bits per heavy atom. The van der Waals surface area contributed by atoms with Crippen molar-refractivity contribution in [1.82, 2.24) is 20.2 Å². The van der Waals surface area contributed by atoms with Crippen molar-refractivity contribution >= 4 is 30.5 Å². The van der Waals surface area contributed by atoms with Gasteiger partial charge in [0.1, 0.15) is 11.6 Å². The first kappa shape index (κ1) is 29.2. The van der Waals surface area contributed by atoms with E-state index in [9.17, 15) is 9.59 Å². The summed E-state index contributed by atoms with van der Waals surface area (Å²) in [5.41, 5.74) is -0.679. The fraction of sp³-hybridized carbons (Fsp3) is 0.769. The standard InChI is InChI=1S/C26H44BN5O5/c1-17(2)20(30-23(34)35-24(3,4)5)21(33)32-13-11-19(12-14-32)31(10)22-28-15-18(16-29-22)27-36-25(6,7)26(8,9)37-27/h15-17,19-20H,11-14H2,1-10H3,(H,30,34)/t20-/m1/s1. The van der Waals surface area contributed by atoms with Crippen LogP contribution in [-0.2, 0) is 18.8 Å². The zero-order valence-electron chi connectivity index (χ0n) is 24.1. The molecule has 2 aliphatic heterocycles. The molecule has 0 aliphatic carbocycles. The maximum Gasteiger partial charge on any atom is 0.498 e. The molecule has 11 heteroatoms. The van der Waals surface area contributed by atoms with Crippen LogP contribution in [0.5, 0.6) is 0 Å². The van der Waals surface area contributed by atoms with Gasteiger partial charge in [0.15, 0.2) is 0 Å². The number of alkyl carbamates (subject to hydrolysis) is 1. The number of aromatic nitrogens is 2. The summed E-state index contributed by atoms with van der Waals surface area (Å²) in [4.78, 5) is 38.6. The van der Waals surface area contributed by atoms with Crippen molar-refractivity contribution in [3.63, 3.8) is 0 Å². The molecule has 2 aliphatic rings. The van der Waals surface area contributed by atoms with E-state index in [1.54, 1.807) is 33.2 Å². The van der Waals surface area contributed by atoms with Gasteiger partial charge < -0.3 is 29.2 Å². The average molecular weight is 517 g/mol. The number of carbonyl (C=O) groups is 2. The number of nitrogens with one attached hydrogen (secondary N) is 1. The van der Waals surface area contributed by atoms with Gasteiger partial charge in [0, 0.05) is 44.0 Å². The molecule has 1 aromatic rings. The first-order valence-electron chi connectivity index (χ1n) is 13.2. The highest BCUT2D eigenvalue weighted by molar-refractivity contribution is 6.61. The topological polar surface area (TPSA) is 106 Å². The van der Waals surface area contributed by atoms with E-state index in [0.29, 0.717) is 19.0 Å². The third-order valence-electron chi connectivity index (χ3n) is 7.43. The van der Waals surface area contributed by atoms with Crippen LogP contribution in [0.4, 0.5) is 10.7 Å². The van der Waals surface area contributed by atoms with E-state index in [1.807, 2.05) is 53.5 Å². The Balaban J connectivity index is 1.56. The molecule has 0 radical (unpaired) electrons. The molecule has 0 aromatic carbocycles. The molecule has 2 fully saturated rings. The highest BCUT2D eigenvalue weighted by Gasteiger charge is 2.52. The first-order chi connectivity index (χ1) is 17.0. The van der Waals surface area contributed by atoms with Gasteiger partial charge in [-0.15, -0.1) is 0 Å². The van der Waals surface area contributed by atoms with Crippen molar-refractivity contribution in [2.75, 3.05) is 25.0 Å². The quantitative estimate of drug-likeness (QED) is 0.575. The smallest absolute Gasteiger partial charge is 0.444 e. The molecule has 1 atom stereocenters. The molecule has 3 heterocycles. The molecule has 0 spiro atoms. The van der Waals surface area contributed by atoms with E-state index in [0.717, 1.165) is 18.3 Å². The van der Waals surface area contributed by atoms with Crippen LogP contribution in [-0.4, -0.2) is 83.0 Å². The van der Waals surface area contributed by atoms with Gasteiger partial charge in [0.2, 0.25) is 11.9 Å². The van der Waals surface area contributed by atoms with E-state index >= 15 is 0 Å². The minimum Gasteiger partial charge on any atom is -0.444 e. The fourth-order valence-electron chi connectivity index (χ4n) is 4.40. The van der Waals surface area contributed by atoms with Crippen molar-refractivity contribution in [1.29, 1.82) is 0 Å². The Kier molecular flexibility index (Phi) is 8.49. The Morgan fingerprint density at radius 3 is 2.08 bits per heavy atom.